The molecule has 0 radical (unpaired) electrons. The second kappa shape index (κ2) is 7.32. The molecule has 1 aliphatic carbocycles. The summed E-state index contributed by atoms with van der Waals surface area (Å²) in [7, 11) is 0. The molecule has 3 rings (SSSR count). The largest absolute Gasteiger partial charge is 0.369 e. The predicted molar refractivity (Wildman–Crippen MR) is 88.9 cm³/mol. The molecule has 1 aliphatic heterocycles. The zero-order valence-corrected chi connectivity index (χ0v) is 14.4. The summed E-state index contributed by atoms with van der Waals surface area (Å²) in [6.07, 6.45) is 7.18. The van der Waals surface area contributed by atoms with Crippen LogP contribution in [0.15, 0.2) is 0 Å². The average molecular weight is 333 g/mol. The Balaban J connectivity index is 1.86. The molecule has 2 N–H and O–H groups in total. The quantitative estimate of drug-likeness (QED) is 0.819. The fraction of sp³-hybridized carbons (Fsp3) is 0.765. The van der Waals surface area contributed by atoms with Crippen molar-refractivity contribution in [3.05, 3.63) is 11.6 Å². The van der Waals surface area contributed by atoms with Crippen molar-refractivity contribution in [1.29, 1.82) is 0 Å². The fourth-order valence-corrected chi connectivity index (χ4v) is 3.38. The van der Waals surface area contributed by atoms with Crippen molar-refractivity contribution in [3.63, 3.8) is 0 Å². The van der Waals surface area contributed by atoms with Gasteiger partial charge in [0.1, 0.15) is 5.82 Å². The number of aromatic nitrogens is 3. The minimum atomic E-state index is -0.427. The van der Waals surface area contributed by atoms with Gasteiger partial charge >= 0.3 is 0 Å². The molecule has 7 heteroatoms. The van der Waals surface area contributed by atoms with Gasteiger partial charge in [-0.05, 0) is 38.5 Å². The number of amides is 2. The highest BCUT2D eigenvalue weighted by molar-refractivity contribution is 5.81. The van der Waals surface area contributed by atoms with Crippen LogP contribution < -0.4 is 5.73 Å². The van der Waals surface area contributed by atoms with E-state index in [2.05, 4.69) is 17.0 Å². The fourth-order valence-electron chi connectivity index (χ4n) is 3.38. The number of aryl methyl sites for hydroxylation is 1. The number of rotatable bonds is 7. The van der Waals surface area contributed by atoms with Crippen LogP contribution in [0.4, 0.5) is 0 Å². The lowest BCUT2D eigenvalue weighted by molar-refractivity contribution is -0.136. The average Bonchev–Trinajstić information content (AvgIpc) is 3.34. The van der Waals surface area contributed by atoms with Gasteiger partial charge in [0.15, 0.2) is 5.82 Å². The van der Waals surface area contributed by atoms with Gasteiger partial charge in [-0.3, -0.25) is 9.59 Å². The Morgan fingerprint density at radius 2 is 2.04 bits per heavy atom. The van der Waals surface area contributed by atoms with Crippen LogP contribution in [0.2, 0.25) is 0 Å². The molecule has 1 saturated carbocycles. The van der Waals surface area contributed by atoms with Gasteiger partial charge in [0.2, 0.25) is 11.8 Å². The molecule has 132 valence electrons. The standard InChI is InChI=1S/C17H27N5O2/c1-2-3-10-22-16(19-15(20-22)11-14(18)23)13-6-4-5-9-21(13)17(24)12-7-8-12/h12-13H,2-11H2,1H3,(H2,18,23)/t13-/m1/s1. The van der Waals surface area contributed by atoms with Gasteiger partial charge in [-0.25, -0.2) is 9.67 Å². The Bertz CT molecular complexity index is 608. The lowest BCUT2D eigenvalue weighted by Gasteiger charge is -2.35. The number of hydrogen-bond acceptors (Lipinski definition) is 4. The van der Waals surface area contributed by atoms with E-state index in [4.69, 9.17) is 5.73 Å². The maximum Gasteiger partial charge on any atom is 0.226 e. The van der Waals surface area contributed by atoms with E-state index in [0.717, 1.165) is 63.9 Å². The normalized spacial score (nSPS) is 21.0. The Morgan fingerprint density at radius 1 is 1.25 bits per heavy atom. The minimum Gasteiger partial charge on any atom is -0.369 e. The van der Waals surface area contributed by atoms with Crippen molar-refractivity contribution in [2.24, 2.45) is 11.7 Å². The topological polar surface area (TPSA) is 94.1 Å². The third-order valence-electron chi connectivity index (χ3n) is 4.81. The van der Waals surface area contributed by atoms with Crippen molar-refractivity contribution in [2.75, 3.05) is 6.54 Å². The lowest BCUT2D eigenvalue weighted by Crippen LogP contribution is -2.40. The number of carbonyl (C=O) groups is 2. The van der Waals surface area contributed by atoms with E-state index in [1.54, 1.807) is 0 Å². The second-order valence-electron chi connectivity index (χ2n) is 6.92. The number of unbranched alkanes of at least 4 members (excludes halogenated alkanes) is 1. The highest BCUT2D eigenvalue weighted by Gasteiger charge is 2.39. The van der Waals surface area contributed by atoms with Gasteiger partial charge in [0.05, 0.1) is 12.5 Å². The maximum absolute atomic E-state index is 12.6. The van der Waals surface area contributed by atoms with Gasteiger partial charge in [0.25, 0.3) is 0 Å². The first-order valence-electron chi connectivity index (χ1n) is 9.12. The molecule has 1 atom stereocenters. The van der Waals surface area contributed by atoms with Crippen molar-refractivity contribution in [1.82, 2.24) is 19.7 Å². The van der Waals surface area contributed by atoms with Crippen LogP contribution in [0.25, 0.3) is 0 Å². The van der Waals surface area contributed by atoms with Gasteiger partial charge in [-0.2, -0.15) is 5.10 Å². The summed E-state index contributed by atoms with van der Waals surface area (Å²) < 4.78 is 1.89. The Hall–Kier alpha value is -1.92. The molecule has 1 aromatic heterocycles. The predicted octanol–water partition coefficient (Wildman–Crippen LogP) is 1.57. The minimum absolute atomic E-state index is 0.0159. The monoisotopic (exact) mass is 333 g/mol. The Kier molecular flexibility index (Phi) is 5.16. The van der Waals surface area contributed by atoms with Crippen LogP contribution >= 0.6 is 0 Å². The molecule has 1 aromatic rings. The SMILES string of the molecule is CCCCn1nc(CC(N)=O)nc1[C@H]1CCCCN1C(=O)C1CC1. The molecule has 2 fully saturated rings. The van der Waals surface area contributed by atoms with Crippen LogP contribution in [0, 0.1) is 5.92 Å². The number of nitrogens with zero attached hydrogens (tertiary/aromatic N) is 4. The van der Waals surface area contributed by atoms with Gasteiger partial charge in [-0.15, -0.1) is 0 Å². The van der Waals surface area contributed by atoms with Crippen molar-refractivity contribution in [2.45, 2.75) is 70.9 Å². The number of hydrogen-bond donors (Lipinski definition) is 1. The van der Waals surface area contributed by atoms with Gasteiger partial charge in [-0.1, -0.05) is 13.3 Å². The van der Waals surface area contributed by atoms with Crippen LogP contribution in [0.3, 0.4) is 0 Å². The summed E-state index contributed by atoms with van der Waals surface area (Å²) in [6.45, 7) is 3.69. The number of nitrogens with two attached hydrogens (primary N) is 1. The van der Waals surface area contributed by atoms with E-state index in [1.807, 2.05) is 9.58 Å². The molecule has 0 spiro atoms. The summed E-state index contributed by atoms with van der Waals surface area (Å²) in [4.78, 5) is 30.5. The summed E-state index contributed by atoms with van der Waals surface area (Å²) in [5.41, 5.74) is 5.29. The molecular weight excluding hydrogens is 306 g/mol. The number of primary amides is 1. The molecule has 1 saturated heterocycles. The zero-order valence-electron chi connectivity index (χ0n) is 14.4. The third kappa shape index (κ3) is 3.76. The first-order valence-corrected chi connectivity index (χ1v) is 9.12. The first-order chi connectivity index (χ1) is 11.6. The summed E-state index contributed by atoms with van der Waals surface area (Å²) in [6, 6.07) is -0.0159. The van der Waals surface area contributed by atoms with Crippen molar-refractivity contribution < 1.29 is 9.59 Å². The number of likely N-dealkylation sites (tertiary alicyclic amines) is 1. The molecular formula is C17H27N5O2. The first kappa shape index (κ1) is 16.9. The van der Waals surface area contributed by atoms with Crippen LogP contribution in [-0.2, 0) is 22.6 Å². The van der Waals surface area contributed by atoms with Crippen LogP contribution in [0.5, 0.6) is 0 Å². The number of piperidine rings is 1. The molecule has 2 aliphatic rings. The Labute approximate surface area is 142 Å². The molecule has 2 amide bonds. The van der Waals surface area contributed by atoms with Gasteiger partial charge in [0, 0.05) is 19.0 Å². The number of carbonyl (C=O) groups excluding carboxylic acids is 2. The Morgan fingerprint density at radius 3 is 2.71 bits per heavy atom. The molecule has 0 bridgehead atoms. The van der Waals surface area contributed by atoms with E-state index >= 15 is 0 Å². The van der Waals surface area contributed by atoms with Crippen LogP contribution in [0.1, 0.15) is 69.6 Å². The lowest BCUT2D eigenvalue weighted by atomic mass is 10.0. The highest BCUT2D eigenvalue weighted by Crippen LogP contribution is 2.37. The summed E-state index contributed by atoms with van der Waals surface area (Å²) in [5, 5.41) is 4.48. The van der Waals surface area contributed by atoms with Crippen molar-refractivity contribution >= 4 is 11.8 Å². The zero-order chi connectivity index (χ0) is 17.1. The third-order valence-corrected chi connectivity index (χ3v) is 4.81. The van der Waals surface area contributed by atoms with E-state index in [1.165, 1.54) is 0 Å². The highest BCUT2D eigenvalue weighted by atomic mass is 16.2. The molecule has 2 heterocycles. The summed E-state index contributed by atoms with van der Waals surface area (Å²) in [5.74, 6) is 1.35. The maximum atomic E-state index is 12.6. The van der Waals surface area contributed by atoms with E-state index in [-0.39, 0.29) is 24.3 Å². The van der Waals surface area contributed by atoms with E-state index in [9.17, 15) is 9.59 Å². The van der Waals surface area contributed by atoms with Crippen molar-refractivity contribution in [3.8, 4) is 0 Å². The van der Waals surface area contributed by atoms with E-state index < -0.39 is 5.91 Å². The molecule has 7 nitrogen and oxygen atoms in total. The van der Waals surface area contributed by atoms with Gasteiger partial charge < -0.3 is 10.6 Å². The smallest absolute Gasteiger partial charge is 0.226 e. The van der Waals surface area contributed by atoms with Crippen LogP contribution in [-0.4, -0.2) is 38.0 Å². The van der Waals surface area contributed by atoms with E-state index in [0.29, 0.717) is 5.82 Å². The second-order valence-corrected chi connectivity index (χ2v) is 6.92. The molecule has 0 unspecified atom stereocenters. The summed E-state index contributed by atoms with van der Waals surface area (Å²) >= 11 is 0. The molecule has 0 aromatic carbocycles. The molecule has 24 heavy (non-hydrogen) atoms.